The summed E-state index contributed by atoms with van der Waals surface area (Å²) in [5.74, 6) is 0.845. The summed E-state index contributed by atoms with van der Waals surface area (Å²) in [4.78, 5) is 16.6. The van der Waals surface area contributed by atoms with Crippen LogP contribution in [0.2, 0.25) is 5.02 Å². The number of hydrogen-bond donors (Lipinski definition) is 0. The van der Waals surface area contributed by atoms with Gasteiger partial charge < -0.3 is 14.2 Å². The molecule has 0 bridgehead atoms. The Kier molecular flexibility index (Phi) is 6.39. The van der Waals surface area contributed by atoms with E-state index in [1.54, 1.807) is 25.3 Å². The van der Waals surface area contributed by atoms with E-state index in [0.29, 0.717) is 28.7 Å². The molecule has 0 atom stereocenters. The molecule has 1 heterocycles. The van der Waals surface area contributed by atoms with Crippen LogP contribution in [0.3, 0.4) is 0 Å². The van der Waals surface area contributed by atoms with Crippen LogP contribution in [0.4, 0.5) is 0 Å². The first-order valence-corrected chi connectivity index (χ1v) is 10.5. The predicted octanol–water partition coefficient (Wildman–Crippen LogP) is 6.03. The summed E-state index contributed by atoms with van der Waals surface area (Å²) in [6.45, 7) is 0.308. The molecule has 4 rings (SSSR count). The summed E-state index contributed by atoms with van der Waals surface area (Å²) in [6.07, 6.45) is 1.65. The van der Waals surface area contributed by atoms with Gasteiger partial charge in [0, 0.05) is 15.1 Å². The summed E-state index contributed by atoms with van der Waals surface area (Å²) in [5, 5.41) is 0.640. The fourth-order valence-electron chi connectivity index (χ4n) is 2.98. The quantitative estimate of drug-likeness (QED) is 0.307. The molecule has 0 unspecified atom stereocenters. The van der Waals surface area contributed by atoms with Crippen molar-refractivity contribution in [3.8, 4) is 11.5 Å². The largest absolute Gasteiger partial charge is 0.493 e. The lowest BCUT2D eigenvalue weighted by Gasteiger charge is -2.12. The van der Waals surface area contributed by atoms with Gasteiger partial charge in [-0.05, 0) is 57.9 Å². The number of nitrogens with zero attached hydrogens (tertiary/aromatic N) is 1. The van der Waals surface area contributed by atoms with Crippen LogP contribution in [0, 0.1) is 0 Å². The second-order valence-corrected chi connectivity index (χ2v) is 7.87. The number of cyclic esters (lactones) is 1. The van der Waals surface area contributed by atoms with Gasteiger partial charge in [-0.2, -0.15) is 0 Å². The van der Waals surface area contributed by atoms with Crippen LogP contribution in [-0.2, 0) is 16.1 Å². The van der Waals surface area contributed by atoms with Gasteiger partial charge in [-0.3, -0.25) is 0 Å². The Morgan fingerprint density at radius 1 is 1.06 bits per heavy atom. The fraction of sp³-hybridized carbons (Fsp3) is 0.0833. The molecular formula is C24H17BrClNO4. The highest BCUT2D eigenvalue weighted by Crippen LogP contribution is 2.31. The zero-order valence-electron chi connectivity index (χ0n) is 16.5. The van der Waals surface area contributed by atoms with Crippen molar-refractivity contribution >= 4 is 45.5 Å². The first-order valence-electron chi connectivity index (χ1n) is 9.37. The Labute approximate surface area is 193 Å². The highest BCUT2D eigenvalue weighted by Gasteiger charge is 2.25. The molecule has 0 spiro atoms. The lowest BCUT2D eigenvalue weighted by molar-refractivity contribution is -0.129. The number of ether oxygens (including phenoxy) is 3. The number of halogens is 2. The van der Waals surface area contributed by atoms with Gasteiger partial charge in [-0.25, -0.2) is 9.79 Å². The fourth-order valence-corrected chi connectivity index (χ4v) is 3.63. The SMILES string of the molecule is COc1cc(/C=C2\N=C(c3ccccc3Br)OC2=O)ccc1OCc1ccccc1Cl. The van der Waals surface area contributed by atoms with E-state index in [9.17, 15) is 4.79 Å². The lowest BCUT2D eigenvalue weighted by Crippen LogP contribution is -2.05. The molecule has 0 aliphatic carbocycles. The minimum absolute atomic E-state index is 0.206. The van der Waals surface area contributed by atoms with Crippen molar-refractivity contribution in [3.63, 3.8) is 0 Å². The van der Waals surface area contributed by atoms with E-state index in [1.807, 2.05) is 54.6 Å². The van der Waals surface area contributed by atoms with Crippen molar-refractivity contribution in [1.29, 1.82) is 0 Å². The van der Waals surface area contributed by atoms with E-state index >= 15 is 0 Å². The molecule has 3 aromatic rings. The maximum Gasteiger partial charge on any atom is 0.363 e. The Morgan fingerprint density at radius 3 is 2.61 bits per heavy atom. The first kappa shape index (κ1) is 21.2. The zero-order chi connectivity index (χ0) is 21.8. The van der Waals surface area contributed by atoms with E-state index < -0.39 is 5.97 Å². The molecule has 1 aliphatic rings. The molecule has 0 radical (unpaired) electrons. The number of esters is 1. The summed E-state index contributed by atoms with van der Waals surface area (Å²) >= 11 is 9.63. The molecule has 0 aromatic heterocycles. The highest BCUT2D eigenvalue weighted by molar-refractivity contribution is 9.10. The number of hydrogen-bond acceptors (Lipinski definition) is 5. The minimum atomic E-state index is -0.510. The van der Waals surface area contributed by atoms with Gasteiger partial charge in [0.1, 0.15) is 6.61 Å². The van der Waals surface area contributed by atoms with Crippen LogP contribution in [0.25, 0.3) is 6.08 Å². The van der Waals surface area contributed by atoms with Gasteiger partial charge in [0.25, 0.3) is 0 Å². The molecule has 1 aliphatic heterocycles. The molecule has 0 saturated carbocycles. The van der Waals surface area contributed by atoms with Crippen LogP contribution >= 0.6 is 27.5 Å². The second kappa shape index (κ2) is 9.37. The molecule has 0 N–H and O–H groups in total. The highest BCUT2D eigenvalue weighted by atomic mass is 79.9. The number of rotatable bonds is 6. The molecular weight excluding hydrogens is 482 g/mol. The van der Waals surface area contributed by atoms with Gasteiger partial charge in [0.05, 0.1) is 12.7 Å². The first-order chi connectivity index (χ1) is 15.0. The van der Waals surface area contributed by atoms with Gasteiger partial charge in [-0.15, -0.1) is 0 Å². The number of carbonyl (C=O) groups excluding carboxylic acids is 1. The Hall–Kier alpha value is -3.09. The average Bonchev–Trinajstić information content (AvgIpc) is 3.13. The monoisotopic (exact) mass is 497 g/mol. The molecule has 0 saturated heterocycles. The van der Waals surface area contributed by atoms with Crippen molar-refractivity contribution in [2.45, 2.75) is 6.61 Å². The summed E-state index contributed by atoms with van der Waals surface area (Å²) in [6, 6.07) is 20.3. The maximum absolute atomic E-state index is 12.3. The van der Waals surface area contributed by atoms with E-state index in [2.05, 4.69) is 20.9 Å². The molecule has 3 aromatic carbocycles. The van der Waals surface area contributed by atoms with Crippen LogP contribution in [0.5, 0.6) is 11.5 Å². The van der Waals surface area contributed by atoms with E-state index in [-0.39, 0.29) is 11.6 Å². The number of aliphatic imine (C=N–C) groups is 1. The third kappa shape index (κ3) is 4.81. The van der Waals surface area contributed by atoms with Crippen LogP contribution in [-0.4, -0.2) is 19.0 Å². The van der Waals surface area contributed by atoms with Gasteiger partial charge in [-0.1, -0.05) is 48.0 Å². The standard InChI is InChI=1S/C24H17BrClNO4/c1-29-22-13-15(10-11-21(22)30-14-16-6-2-5-9-19(16)26)12-20-24(28)31-23(27-20)17-7-3-4-8-18(17)25/h2-13H,14H2,1H3/b20-12-. The third-order valence-corrected chi connectivity index (χ3v) is 5.62. The van der Waals surface area contributed by atoms with Crippen LogP contribution in [0.1, 0.15) is 16.7 Å². The normalized spacial score (nSPS) is 14.4. The maximum atomic E-state index is 12.3. The van der Waals surface area contributed by atoms with Gasteiger partial charge >= 0.3 is 5.97 Å². The van der Waals surface area contributed by atoms with E-state index in [0.717, 1.165) is 15.6 Å². The van der Waals surface area contributed by atoms with Crippen LogP contribution < -0.4 is 9.47 Å². The molecule has 0 amide bonds. The molecule has 5 nitrogen and oxygen atoms in total. The Balaban J connectivity index is 1.56. The smallest absolute Gasteiger partial charge is 0.363 e. The predicted molar refractivity (Wildman–Crippen MR) is 124 cm³/mol. The van der Waals surface area contributed by atoms with E-state index in [4.69, 9.17) is 25.8 Å². The van der Waals surface area contributed by atoms with Crippen molar-refractivity contribution < 1.29 is 19.0 Å². The Morgan fingerprint density at radius 2 is 1.84 bits per heavy atom. The molecule has 0 fully saturated rings. The Bertz CT molecular complexity index is 1210. The molecule has 7 heteroatoms. The number of methoxy groups -OCH3 is 1. The summed E-state index contributed by atoms with van der Waals surface area (Å²) in [5.41, 5.74) is 2.52. The van der Waals surface area contributed by atoms with Crippen LogP contribution in [0.15, 0.2) is 81.9 Å². The van der Waals surface area contributed by atoms with Crippen molar-refractivity contribution in [3.05, 3.63) is 98.6 Å². The third-order valence-electron chi connectivity index (χ3n) is 4.56. The average molecular weight is 499 g/mol. The number of benzene rings is 3. The van der Waals surface area contributed by atoms with Gasteiger partial charge in [0.2, 0.25) is 5.90 Å². The number of carbonyl (C=O) groups is 1. The van der Waals surface area contributed by atoms with Crippen molar-refractivity contribution in [2.24, 2.45) is 4.99 Å². The van der Waals surface area contributed by atoms with Crippen molar-refractivity contribution in [1.82, 2.24) is 0 Å². The van der Waals surface area contributed by atoms with E-state index in [1.165, 1.54) is 0 Å². The lowest BCUT2D eigenvalue weighted by atomic mass is 10.1. The topological polar surface area (TPSA) is 57.1 Å². The van der Waals surface area contributed by atoms with Crippen molar-refractivity contribution in [2.75, 3.05) is 7.11 Å². The molecule has 31 heavy (non-hydrogen) atoms. The van der Waals surface area contributed by atoms with Gasteiger partial charge in [0.15, 0.2) is 17.2 Å². The summed E-state index contributed by atoms with van der Waals surface area (Å²) < 4.78 is 17.5. The minimum Gasteiger partial charge on any atom is -0.493 e. The molecule has 156 valence electrons. The summed E-state index contributed by atoms with van der Waals surface area (Å²) in [7, 11) is 1.56. The second-order valence-electron chi connectivity index (χ2n) is 6.61. The zero-order valence-corrected chi connectivity index (χ0v) is 18.8.